The fourth-order valence-corrected chi connectivity index (χ4v) is 1.71. The van der Waals surface area contributed by atoms with Gasteiger partial charge in [-0.05, 0) is 24.1 Å². The first-order valence-electron chi connectivity index (χ1n) is 4.31. The van der Waals surface area contributed by atoms with Gasteiger partial charge in [-0.15, -0.1) is 0 Å². The first-order valence-corrected chi connectivity index (χ1v) is 4.31. The molecule has 0 saturated heterocycles. The van der Waals surface area contributed by atoms with E-state index < -0.39 is 0 Å². The highest BCUT2D eigenvalue weighted by Crippen LogP contribution is 2.29. The van der Waals surface area contributed by atoms with E-state index in [4.69, 9.17) is 11.0 Å². The Morgan fingerprint density at radius 2 is 2.38 bits per heavy atom. The molecule has 1 aliphatic rings. The Morgan fingerprint density at radius 1 is 1.54 bits per heavy atom. The van der Waals surface area contributed by atoms with Crippen LogP contribution in [0.4, 0.5) is 11.4 Å². The van der Waals surface area contributed by atoms with Crippen LogP contribution in [0.1, 0.15) is 5.56 Å². The zero-order valence-corrected chi connectivity index (χ0v) is 7.33. The number of rotatable bonds is 1. The molecule has 0 unspecified atom stereocenters. The predicted molar refractivity (Wildman–Crippen MR) is 52.4 cm³/mol. The minimum Gasteiger partial charge on any atom is -0.399 e. The average Bonchev–Trinajstić information content (AvgIpc) is 2.49. The number of nitriles is 1. The second kappa shape index (κ2) is 2.98. The topological polar surface area (TPSA) is 53.0 Å². The molecule has 0 bridgehead atoms. The van der Waals surface area contributed by atoms with E-state index in [1.165, 1.54) is 5.56 Å². The van der Waals surface area contributed by atoms with Crippen molar-refractivity contribution in [2.24, 2.45) is 0 Å². The molecule has 66 valence electrons. The molecule has 1 aromatic carbocycles. The summed E-state index contributed by atoms with van der Waals surface area (Å²) in [5, 5.41) is 8.60. The molecule has 0 spiro atoms. The second-order valence-electron chi connectivity index (χ2n) is 3.22. The lowest BCUT2D eigenvalue weighted by molar-refractivity contribution is 0.909. The van der Waals surface area contributed by atoms with Crippen LogP contribution in [0.25, 0.3) is 0 Å². The van der Waals surface area contributed by atoms with Crippen molar-refractivity contribution in [1.29, 1.82) is 5.26 Å². The van der Waals surface area contributed by atoms with Crippen molar-refractivity contribution < 1.29 is 0 Å². The summed E-state index contributed by atoms with van der Waals surface area (Å²) < 4.78 is 0. The Balaban J connectivity index is 2.36. The van der Waals surface area contributed by atoms with E-state index in [1.807, 2.05) is 18.2 Å². The SMILES string of the molecule is N#CCN1CCc2ccc(N)cc21. The van der Waals surface area contributed by atoms with Gasteiger partial charge in [-0.2, -0.15) is 5.26 Å². The van der Waals surface area contributed by atoms with Gasteiger partial charge in [0.15, 0.2) is 0 Å². The molecule has 2 N–H and O–H groups in total. The second-order valence-corrected chi connectivity index (χ2v) is 3.22. The summed E-state index contributed by atoms with van der Waals surface area (Å²) in [5.41, 5.74) is 8.87. The summed E-state index contributed by atoms with van der Waals surface area (Å²) in [6.07, 6.45) is 1.03. The van der Waals surface area contributed by atoms with Crippen molar-refractivity contribution in [3.63, 3.8) is 0 Å². The van der Waals surface area contributed by atoms with Gasteiger partial charge in [0.1, 0.15) is 6.54 Å². The monoisotopic (exact) mass is 173 g/mol. The number of nitrogens with two attached hydrogens (primary N) is 1. The third-order valence-electron chi connectivity index (χ3n) is 2.36. The Labute approximate surface area is 77.4 Å². The molecule has 1 heterocycles. The first kappa shape index (κ1) is 7.93. The van der Waals surface area contributed by atoms with Crippen LogP contribution in [0.2, 0.25) is 0 Å². The number of hydrogen-bond donors (Lipinski definition) is 1. The summed E-state index contributed by atoms with van der Waals surface area (Å²) in [7, 11) is 0. The van der Waals surface area contributed by atoms with Crippen molar-refractivity contribution in [3.05, 3.63) is 23.8 Å². The molecular weight excluding hydrogens is 162 g/mol. The fourth-order valence-electron chi connectivity index (χ4n) is 1.71. The lowest BCUT2D eigenvalue weighted by atomic mass is 10.1. The number of nitrogen functional groups attached to an aromatic ring is 1. The highest BCUT2D eigenvalue weighted by Gasteiger charge is 2.17. The quantitative estimate of drug-likeness (QED) is 0.512. The zero-order valence-electron chi connectivity index (χ0n) is 7.33. The summed E-state index contributed by atoms with van der Waals surface area (Å²) >= 11 is 0. The van der Waals surface area contributed by atoms with Crippen LogP contribution in [0.5, 0.6) is 0 Å². The molecule has 3 nitrogen and oxygen atoms in total. The van der Waals surface area contributed by atoms with E-state index in [0.29, 0.717) is 6.54 Å². The van der Waals surface area contributed by atoms with Gasteiger partial charge in [-0.3, -0.25) is 0 Å². The van der Waals surface area contributed by atoms with Gasteiger partial charge in [0.2, 0.25) is 0 Å². The molecule has 2 rings (SSSR count). The van der Waals surface area contributed by atoms with E-state index >= 15 is 0 Å². The van der Waals surface area contributed by atoms with Gasteiger partial charge < -0.3 is 10.6 Å². The van der Waals surface area contributed by atoms with Crippen LogP contribution in [0.15, 0.2) is 18.2 Å². The molecule has 0 atom stereocenters. The standard InChI is InChI=1S/C10H11N3/c11-4-6-13-5-3-8-1-2-9(12)7-10(8)13/h1-2,7H,3,5-6,12H2. The number of hydrogen-bond acceptors (Lipinski definition) is 3. The Bertz CT molecular complexity index is 365. The average molecular weight is 173 g/mol. The van der Waals surface area contributed by atoms with Gasteiger partial charge >= 0.3 is 0 Å². The van der Waals surface area contributed by atoms with Crippen LogP contribution in [-0.2, 0) is 6.42 Å². The summed E-state index contributed by atoms with van der Waals surface area (Å²) in [5.74, 6) is 0. The van der Waals surface area contributed by atoms with Crippen LogP contribution < -0.4 is 10.6 Å². The van der Waals surface area contributed by atoms with Crippen LogP contribution in [-0.4, -0.2) is 13.1 Å². The van der Waals surface area contributed by atoms with Crippen molar-refractivity contribution in [2.75, 3.05) is 23.7 Å². The molecular formula is C10H11N3. The van der Waals surface area contributed by atoms with Crippen LogP contribution in [0, 0.1) is 11.3 Å². The van der Waals surface area contributed by atoms with Gasteiger partial charge in [0.25, 0.3) is 0 Å². The first-order chi connectivity index (χ1) is 6.31. The van der Waals surface area contributed by atoms with Gasteiger partial charge in [-0.25, -0.2) is 0 Å². The maximum atomic E-state index is 8.60. The molecule has 3 heteroatoms. The number of nitrogens with zero attached hydrogens (tertiary/aromatic N) is 2. The molecule has 13 heavy (non-hydrogen) atoms. The third kappa shape index (κ3) is 1.31. The Hall–Kier alpha value is -1.69. The summed E-state index contributed by atoms with van der Waals surface area (Å²) in [4.78, 5) is 2.06. The van der Waals surface area contributed by atoms with Crippen molar-refractivity contribution in [2.45, 2.75) is 6.42 Å². The molecule has 1 aromatic rings. The van der Waals surface area contributed by atoms with E-state index in [2.05, 4.69) is 11.0 Å². The van der Waals surface area contributed by atoms with E-state index in [0.717, 1.165) is 24.3 Å². The molecule has 0 saturated carbocycles. The van der Waals surface area contributed by atoms with E-state index in [-0.39, 0.29) is 0 Å². The van der Waals surface area contributed by atoms with Crippen LogP contribution >= 0.6 is 0 Å². The van der Waals surface area contributed by atoms with Gasteiger partial charge in [-0.1, -0.05) is 6.07 Å². The number of fused-ring (bicyclic) bond motifs is 1. The molecule has 1 aliphatic heterocycles. The maximum absolute atomic E-state index is 8.60. The van der Waals surface area contributed by atoms with Crippen LogP contribution in [0.3, 0.4) is 0 Å². The lowest BCUT2D eigenvalue weighted by Crippen LogP contribution is -2.20. The summed E-state index contributed by atoms with van der Waals surface area (Å²) in [6.45, 7) is 1.39. The van der Waals surface area contributed by atoms with Gasteiger partial charge in [0, 0.05) is 17.9 Å². The van der Waals surface area contributed by atoms with Gasteiger partial charge in [0.05, 0.1) is 6.07 Å². The minimum atomic E-state index is 0.455. The molecule has 0 radical (unpaired) electrons. The van der Waals surface area contributed by atoms with Crippen molar-refractivity contribution >= 4 is 11.4 Å². The minimum absolute atomic E-state index is 0.455. The predicted octanol–water partition coefficient (Wildman–Crippen LogP) is 1.15. The summed E-state index contributed by atoms with van der Waals surface area (Å²) in [6, 6.07) is 8.05. The Morgan fingerprint density at radius 3 is 3.15 bits per heavy atom. The fraction of sp³-hybridized carbons (Fsp3) is 0.300. The third-order valence-corrected chi connectivity index (χ3v) is 2.36. The van der Waals surface area contributed by atoms with E-state index in [9.17, 15) is 0 Å². The molecule has 0 amide bonds. The maximum Gasteiger partial charge on any atom is 0.105 e. The van der Waals surface area contributed by atoms with Crippen molar-refractivity contribution in [3.8, 4) is 6.07 Å². The van der Waals surface area contributed by atoms with E-state index in [1.54, 1.807) is 0 Å². The Kier molecular flexibility index (Phi) is 1.82. The largest absolute Gasteiger partial charge is 0.399 e. The molecule has 0 fully saturated rings. The van der Waals surface area contributed by atoms with Crippen molar-refractivity contribution in [1.82, 2.24) is 0 Å². The number of anilines is 2. The highest BCUT2D eigenvalue weighted by molar-refractivity contribution is 5.64. The lowest BCUT2D eigenvalue weighted by Gasteiger charge is -2.14. The zero-order chi connectivity index (χ0) is 9.26. The molecule has 0 aromatic heterocycles. The smallest absolute Gasteiger partial charge is 0.105 e. The molecule has 0 aliphatic carbocycles. The normalized spacial score (nSPS) is 13.9. The number of benzene rings is 1. The highest BCUT2D eigenvalue weighted by atomic mass is 15.1.